The van der Waals surface area contributed by atoms with Gasteiger partial charge >= 0.3 is 0 Å². The largest absolute Gasteiger partial charge is 0.497 e. The molecule has 0 N–H and O–H groups in total. The first-order valence-electron chi connectivity index (χ1n) is 20.2. The Morgan fingerprint density at radius 1 is 0.375 bits per heavy atom. The zero-order valence-corrected chi connectivity index (χ0v) is 35.2. The first-order chi connectivity index (χ1) is 31.2. The van der Waals surface area contributed by atoms with E-state index in [1.165, 1.54) is 0 Å². The third-order valence-electron chi connectivity index (χ3n) is 10.9. The van der Waals surface area contributed by atoms with Crippen LogP contribution in [-0.2, 0) is 0 Å². The van der Waals surface area contributed by atoms with E-state index in [1.807, 2.05) is 158 Å². The zero-order chi connectivity index (χ0) is 44.3. The van der Waals surface area contributed by atoms with E-state index in [-0.39, 0.29) is 5.69 Å². The molecule has 0 aliphatic rings. The van der Waals surface area contributed by atoms with Crippen molar-refractivity contribution >= 4 is 45.2 Å². The van der Waals surface area contributed by atoms with Crippen LogP contribution in [0.5, 0.6) is 23.0 Å². The van der Waals surface area contributed by atoms with Gasteiger partial charge in [0, 0.05) is 57.4 Å². The summed E-state index contributed by atoms with van der Waals surface area (Å²) in [6, 6.07) is 52.8. The van der Waals surface area contributed by atoms with Crippen molar-refractivity contribution in [1.82, 2.24) is 15.0 Å². The fraction of sp³-hybridized carbons (Fsp3) is 0.0769. The first kappa shape index (κ1) is 41.1. The Labute approximate surface area is 367 Å². The molecule has 0 saturated carbocycles. The SMILES string of the molecule is COc1ccc(N(c2ccc(OC)cc2)c2ccc(-c3ccc(-c4ccc(N(c5ccc(OC)cc5)c5ccc(OC)cc5)cc4)c4nn(-c5cc(F)c(F)c(F)c5)nc34)cc2)cc1. The van der Waals surface area contributed by atoms with E-state index >= 15 is 0 Å². The molecule has 0 spiro atoms. The molecule has 9 nitrogen and oxygen atoms in total. The van der Waals surface area contributed by atoms with Gasteiger partial charge in [0.2, 0.25) is 0 Å². The van der Waals surface area contributed by atoms with Crippen LogP contribution in [0.4, 0.5) is 47.3 Å². The molecule has 9 aromatic rings. The number of hydrogen-bond donors (Lipinski definition) is 0. The van der Waals surface area contributed by atoms with E-state index in [2.05, 4.69) is 9.80 Å². The van der Waals surface area contributed by atoms with Crippen molar-refractivity contribution in [2.75, 3.05) is 38.2 Å². The Balaban J connectivity index is 1.13. The minimum atomic E-state index is -1.57. The second kappa shape index (κ2) is 17.6. The van der Waals surface area contributed by atoms with Gasteiger partial charge in [-0.3, -0.25) is 0 Å². The van der Waals surface area contributed by atoms with Gasteiger partial charge in [-0.2, -0.15) is 4.80 Å². The molecular formula is C52H40F3N5O4. The molecule has 1 heterocycles. The van der Waals surface area contributed by atoms with Gasteiger partial charge in [-0.25, -0.2) is 13.2 Å². The van der Waals surface area contributed by atoms with Gasteiger partial charge in [-0.05, 0) is 132 Å². The van der Waals surface area contributed by atoms with Crippen LogP contribution in [0.3, 0.4) is 0 Å². The van der Waals surface area contributed by atoms with Crippen molar-refractivity contribution in [3.63, 3.8) is 0 Å². The van der Waals surface area contributed by atoms with E-state index in [0.717, 1.165) is 96.3 Å². The Kier molecular flexibility index (Phi) is 11.3. The smallest absolute Gasteiger partial charge is 0.194 e. The number of rotatable bonds is 13. The molecule has 9 rings (SSSR count). The molecule has 0 atom stereocenters. The third-order valence-corrected chi connectivity index (χ3v) is 10.9. The molecular weight excluding hydrogens is 816 g/mol. The monoisotopic (exact) mass is 855 g/mol. The van der Waals surface area contributed by atoms with Crippen LogP contribution in [0, 0.1) is 17.5 Å². The summed E-state index contributed by atoms with van der Waals surface area (Å²) in [7, 11) is 6.52. The number of hydrogen-bond acceptors (Lipinski definition) is 8. The maximum atomic E-state index is 14.6. The molecule has 0 unspecified atom stereocenters. The minimum absolute atomic E-state index is 0.0700. The fourth-order valence-electron chi connectivity index (χ4n) is 7.63. The molecule has 0 aliphatic carbocycles. The predicted molar refractivity (Wildman–Crippen MR) is 245 cm³/mol. The zero-order valence-electron chi connectivity index (χ0n) is 35.2. The number of halogens is 3. The van der Waals surface area contributed by atoms with Crippen molar-refractivity contribution in [1.29, 1.82) is 0 Å². The van der Waals surface area contributed by atoms with E-state index < -0.39 is 17.5 Å². The topological polar surface area (TPSA) is 74.1 Å². The molecule has 0 amide bonds. The number of fused-ring (bicyclic) bond motifs is 1. The number of anilines is 6. The normalized spacial score (nSPS) is 11.0. The van der Waals surface area contributed by atoms with Gasteiger partial charge in [0.25, 0.3) is 0 Å². The van der Waals surface area contributed by atoms with Crippen LogP contribution >= 0.6 is 0 Å². The van der Waals surface area contributed by atoms with Crippen molar-refractivity contribution in [2.24, 2.45) is 0 Å². The van der Waals surface area contributed by atoms with Crippen molar-refractivity contribution in [3.8, 4) is 50.9 Å². The molecule has 0 radical (unpaired) electrons. The Morgan fingerprint density at radius 2 is 0.641 bits per heavy atom. The van der Waals surface area contributed by atoms with Gasteiger partial charge in [0.05, 0.1) is 34.1 Å². The van der Waals surface area contributed by atoms with Crippen LogP contribution < -0.4 is 28.7 Å². The molecule has 318 valence electrons. The standard InChI is InChI=1S/C52H40F3N5O4/c1-61-42-21-13-37(14-22-42)58(38-15-23-43(62-2)24-16-38)35-9-5-33(6-10-35)46-29-30-47(52-51(46)56-60(57-52)41-31-48(53)50(55)49(54)32-41)34-7-11-36(12-8-34)59(39-17-25-44(63-3)26-18-39)40-19-27-45(64-4)28-20-40/h5-32H,1-4H3. The highest BCUT2D eigenvalue weighted by Gasteiger charge is 2.21. The van der Waals surface area contributed by atoms with Crippen LogP contribution in [-0.4, -0.2) is 43.4 Å². The van der Waals surface area contributed by atoms with Crippen LogP contribution in [0.1, 0.15) is 0 Å². The molecule has 0 saturated heterocycles. The van der Waals surface area contributed by atoms with Gasteiger partial charge < -0.3 is 28.7 Å². The second-order valence-corrected chi connectivity index (χ2v) is 14.6. The van der Waals surface area contributed by atoms with Gasteiger partial charge in [-0.1, -0.05) is 36.4 Å². The molecule has 0 fully saturated rings. The van der Waals surface area contributed by atoms with Crippen LogP contribution in [0.25, 0.3) is 39.0 Å². The van der Waals surface area contributed by atoms with E-state index in [0.29, 0.717) is 11.0 Å². The average Bonchev–Trinajstić information content (AvgIpc) is 3.80. The lowest BCUT2D eigenvalue weighted by Gasteiger charge is -2.26. The van der Waals surface area contributed by atoms with Crippen LogP contribution in [0.15, 0.2) is 170 Å². The van der Waals surface area contributed by atoms with Gasteiger partial charge in [-0.15, -0.1) is 10.2 Å². The lowest BCUT2D eigenvalue weighted by molar-refractivity contribution is 0.414. The maximum Gasteiger partial charge on any atom is 0.194 e. The summed E-state index contributed by atoms with van der Waals surface area (Å²) in [5, 5.41) is 9.57. The number of aromatic nitrogens is 3. The van der Waals surface area contributed by atoms with Crippen LogP contribution in [0.2, 0.25) is 0 Å². The predicted octanol–water partition coefficient (Wildman–Crippen LogP) is 13.1. The van der Waals surface area contributed by atoms with E-state index in [4.69, 9.17) is 29.1 Å². The van der Waals surface area contributed by atoms with Crippen molar-refractivity contribution in [2.45, 2.75) is 0 Å². The Bertz CT molecular complexity index is 2760. The summed E-state index contributed by atoms with van der Waals surface area (Å²) in [6.07, 6.45) is 0. The summed E-state index contributed by atoms with van der Waals surface area (Å²) < 4.78 is 65.0. The number of ether oxygens (including phenoxy) is 4. The molecule has 0 bridgehead atoms. The Morgan fingerprint density at radius 3 is 0.906 bits per heavy atom. The van der Waals surface area contributed by atoms with Gasteiger partial charge in [0.15, 0.2) is 17.5 Å². The number of nitrogens with zero attached hydrogens (tertiary/aromatic N) is 5. The van der Waals surface area contributed by atoms with E-state index in [9.17, 15) is 13.2 Å². The summed E-state index contributed by atoms with van der Waals surface area (Å²) in [6.45, 7) is 0. The van der Waals surface area contributed by atoms with Crippen molar-refractivity contribution in [3.05, 3.63) is 187 Å². The summed E-state index contributed by atoms with van der Waals surface area (Å²) in [5.74, 6) is -1.32. The average molecular weight is 856 g/mol. The quantitative estimate of drug-likeness (QED) is 0.106. The highest BCUT2D eigenvalue weighted by atomic mass is 19.2. The molecule has 64 heavy (non-hydrogen) atoms. The second-order valence-electron chi connectivity index (χ2n) is 14.6. The fourth-order valence-corrected chi connectivity index (χ4v) is 7.63. The van der Waals surface area contributed by atoms with E-state index in [1.54, 1.807) is 28.4 Å². The molecule has 12 heteroatoms. The minimum Gasteiger partial charge on any atom is -0.497 e. The highest BCUT2D eigenvalue weighted by Crippen LogP contribution is 2.41. The van der Waals surface area contributed by atoms with Gasteiger partial charge in [0.1, 0.15) is 34.0 Å². The lowest BCUT2D eigenvalue weighted by atomic mass is 9.97. The number of methoxy groups -OCH3 is 4. The van der Waals surface area contributed by atoms with Crippen molar-refractivity contribution < 1.29 is 32.1 Å². The summed E-state index contributed by atoms with van der Waals surface area (Å²) >= 11 is 0. The third kappa shape index (κ3) is 8.00. The highest BCUT2D eigenvalue weighted by molar-refractivity contribution is 6.01. The molecule has 1 aromatic heterocycles. The Hall–Kier alpha value is -8.25. The lowest BCUT2D eigenvalue weighted by Crippen LogP contribution is -2.09. The number of benzene rings is 8. The first-order valence-corrected chi connectivity index (χ1v) is 20.2. The summed E-state index contributed by atoms with van der Waals surface area (Å²) in [4.78, 5) is 5.36. The maximum absolute atomic E-state index is 14.6. The molecule has 8 aromatic carbocycles. The molecule has 0 aliphatic heterocycles. The summed E-state index contributed by atoms with van der Waals surface area (Å²) in [5.41, 5.74) is 9.36.